The minimum atomic E-state index is -4.57. The highest BCUT2D eigenvalue weighted by molar-refractivity contribution is 5.95. The predicted octanol–water partition coefficient (Wildman–Crippen LogP) is 5.46. The number of benzene rings is 2. The smallest absolute Gasteiger partial charge is 0.352 e. The van der Waals surface area contributed by atoms with E-state index in [-0.39, 0.29) is 29.3 Å². The van der Waals surface area contributed by atoms with Crippen LogP contribution < -0.4 is 10.7 Å². The normalized spacial score (nSPS) is 12.1. The summed E-state index contributed by atoms with van der Waals surface area (Å²) in [5.74, 6) is -0.593. The van der Waals surface area contributed by atoms with Gasteiger partial charge < -0.3 is 9.88 Å². The highest BCUT2D eigenvalue weighted by Gasteiger charge is 2.31. The number of carbonyl (C=O) groups is 1. The van der Waals surface area contributed by atoms with Crippen molar-refractivity contribution < 1.29 is 18.0 Å². The topological polar surface area (TPSA) is 74.9 Å². The van der Waals surface area contributed by atoms with Crippen molar-refractivity contribution in [3.63, 3.8) is 0 Å². The van der Waals surface area contributed by atoms with Crippen molar-refractivity contribution in [1.29, 1.82) is 5.26 Å². The fraction of sp³-hybridized carbons (Fsp3) is 0.269. The van der Waals surface area contributed by atoms with Crippen LogP contribution in [-0.4, -0.2) is 17.0 Å². The van der Waals surface area contributed by atoms with Crippen molar-refractivity contribution in [1.82, 2.24) is 9.88 Å². The molecule has 0 bridgehead atoms. The Bertz CT molecular complexity index is 1300. The van der Waals surface area contributed by atoms with E-state index < -0.39 is 23.1 Å². The second-order valence-corrected chi connectivity index (χ2v) is 7.84. The third-order valence-corrected chi connectivity index (χ3v) is 5.70. The molecule has 0 fully saturated rings. The Kier molecular flexibility index (Phi) is 7.26. The van der Waals surface area contributed by atoms with Crippen LogP contribution in [0, 0.1) is 18.3 Å². The summed E-state index contributed by atoms with van der Waals surface area (Å²) >= 11 is 0. The van der Waals surface area contributed by atoms with Gasteiger partial charge in [-0.3, -0.25) is 9.59 Å². The van der Waals surface area contributed by atoms with Crippen molar-refractivity contribution in [2.75, 3.05) is 6.54 Å². The molecule has 0 saturated carbocycles. The molecule has 1 atom stereocenters. The highest BCUT2D eigenvalue weighted by Crippen LogP contribution is 2.33. The number of pyridine rings is 1. The molecule has 5 nitrogen and oxygen atoms in total. The third-order valence-electron chi connectivity index (χ3n) is 5.70. The van der Waals surface area contributed by atoms with Gasteiger partial charge in [-0.15, -0.1) is 0 Å². The molecule has 1 unspecified atom stereocenters. The van der Waals surface area contributed by atoms with E-state index in [1.54, 1.807) is 42.7 Å². The lowest BCUT2D eigenvalue weighted by atomic mass is 9.96. The molecule has 0 spiro atoms. The van der Waals surface area contributed by atoms with Crippen LogP contribution in [0.5, 0.6) is 0 Å². The standard InChI is InChI=1S/C26H24F3N3O2/c1-4-22(18-11-9-17(14-30)10-12-18)32-15-21(25(34)31-5-2)24(33)23(16(32)3)19-7-6-8-20(13-19)26(27,28)29/h6-13,15,22H,4-5H2,1-3H3,(H,31,34). The Morgan fingerprint density at radius 2 is 1.82 bits per heavy atom. The van der Waals surface area contributed by atoms with E-state index in [4.69, 9.17) is 5.26 Å². The molecule has 8 heteroatoms. The molecule has 3 rings (SSSR count). The van der Waals surface area contributed by atoms with E-state index >= 15 is 0 Å². The SMILES string of the molecule is CCNC(=O)c1cn(C(CC)c2ccc(C#N)cc2)c(C)c(-c2cccc(C(F)(F)F)c2)c1=O. The Balaban J connectivity index is 2.31. The molecular weight excluding hydrogens is 443 g/mol. The minimum Gasteiger partial charge on any atom is -0.352 e. The van der Waals surface area contributed by atoms with Crippen LogP contribution in [0.3, 0.4) is 0 Å². The fourth-order valence-electron chi connectivity index (χ4n) is 4.03. The second kappa shape index (κ2) is 9.96. The third kappa shape index (κ3) is 4.88. The van der Waals surface area contributed by atoms with E-state index in [1.807, 2.05) is 6.92 Å². The maximum absolute atomic E-state index is 13.4. The fourth-order valence-corrected chi connectivity index (χ4v) is 4.03. The summed E-state index contributed by atoms with van der Waals surface area (Å²) in [5.41, 5.74) is 0.244. The maximum atomic E-state index is 13.4. The van der Waals surface area contributed by atoms with E-state index in [1.165, 1.54) is 18.3 Å². The Hall–Kier alpha value is -3.86. The molecule has 0 aliphatic heterocycles. The summed E-state index contributed by atoms with van der Waals surface area (Å²) in [6, 6.07) is 13.2. The van der Waals surface area contributed by atoms with Crippen LogP contribution in [0.25, 0.3) is 11.1 Å². The van der Waals surface area contributed by atoms with Crippen LogP contribution in [0.1, 0.15) is 59.1 Å². The van der Waals surface area contributed by atoms with Crippen molar-refractivity contribution in [3.05, 3.63) is 92.9 Å². The molecule has 1 N–H and O–H groups in total. The van der Waals surface area contributed by atoms with Gasteiger partial charge in [0.05, 0.1) is 23.2 Å². The van der Waals surface area contributed by atoms with Gasteiger partial charge in [-0.05, 0) is 55.7 Å². The molecule has 1 heterocycles. The number of rotatable bonds is 6. The Labute approximate surface area is 195 Å². The lowest BCUT2D eigenvalue weighted by molar-refractivity contribution is -0.137. The van der Waals surface area contributed by atoms with Crippen LogP contribution in [0.2, 0.25) is 0 Å². The van der Waals surface area contributed by atoms with Crippen molar-refractivity contribution in [2.45, 2.75) is 39.4 Å². The number of nitriles is 1. The molecular formula is C26H24F3N3O2. The van der Waals surface area contributed by atoms with Crippen molar-refractivity contribution >= 4 is 5.91 Å². The number of aromatic nitrogens is 1. The largest absolute Gasteiger partial charge is 0.416 e. The van der Waals surface area contributed by atoms with Gasteiger partial charge in [-0.2, -0.15) is 18.4 Å². The zero-order valence-electron chi connectivity index (χ0n) is 19.0. The van der Waals surface area contributed by atoms with E-state index in [9.17, 15) is 22.8 Å². The van der Waals surface area contributed by atoms with E-state index in [0.717, 1.165) is 17.7 Å². The number of halogens is 3. The second-order valence-electron chi connectivity index (χ2n) is 7.84. The van der Waals surface area contributed by atoms with Crippen LogP contribution >= 0.6 is 0 Å². The number of amides is 1. The number of hydrogen-bond donors (Lipinski definition) is 1. The molecule has 2 aromatic carbocycles. The average molecular weight is 467 g/mol. The summed E-state index contributed by atoms with van der Waals surface area (Å²) in [6.07, 6.45) is -2.53. The number of nitrogens with zero attached hydrogens (tertiary/aromatic N) is 2. The zero-order valence-corrected chi connectivity index (χ0v) is 19.0. The predicted molar refractivity (Wildman–Crippen MR) is 123 cm³/mol. The minimum absolute atomic E-state index is 0.0435. The number of hydrogen-bond acceptors (Lipinski definition) is 3. The Morgan fingerprint density at radius 3 is 2.38 bits per heavy atom. The number of alkyl halides is 3. The summed E-state index contributed by atoms with van der Waals surface area (Å²) in [4.78, 5) is 26.1. The number of nitrogens with one attached hydrogen (secondary N) is 1. The van der Waals surface area contributed by atoms with E-state index in [2.05, 4.69) is 11.4 Å². The van der Waals surface area contributed by atoms with Crippen molar-refractivity contribution in [2.24, 2.45) is 0 Å². The highest BCUT2D eigenvalue weighted by atomic mass is 19.4. The van der Waals surface area contributed by atoms with Gasteiger partial charge in [0.15, 0.2) is 0 Å². The Morgan fingerprint density at radius 1 is 1.15 bits per heavy atom. The number of carbonyl (C=O) groups excluding carboxylic acids is 1. The first-order valence-electron chi connectivity index (χ1n) is 10.8. The first-order valence-corrected chi connectivity index (χ1v) is 10.8. The maximum Gasteiger partial charge on any atom is 0.416 e. The first kappa shape index (κ1) is 24.8. The van der Waals surface area contributed by atoms with Gasteiger partial charge in [0.25, 0.3) is 5.91 Å². The molecule has 1 aromatic heterocycles. The molecule has 0 aliphatic rings. The molecule has 34 heavy (non-hydrogen) atoms. The molecule has 0 saturated heterocycles. The lowest BCUT2D eigenvalue weighted by Gasteiger charge is -2.25. The van der Waals surface area contributed by atoms with Gasteiger partial charge in [0, 0.05) is 24.0 Å². The molecule has 3 aromatic rings. The first-order chi connectivity index (χ1) is 16.1. The van der Waals surface area contributed by atoms with Crippen LogP contribution in [0.15, 0.2) is 59.5 Å². The molecule has 1 amide bonds. The summed E-state index contributed by atoms with van der Waals surface area (Å²) < 4.78 is 41.9. The molecule has 176 valence electrons. The molecule has 0 aliphatic carbocycles. The van der Waals surface area contributed by atoms with Gasteiger partial charge in [-0.1, -0.05) is 31.2 Å². The van der Waals surface area contributed by atoms with Gasteiger partial charge in [0.1, 0.15) is 5.56 Å². The quantitative estimate of drug-likeness (QED) is 0.523. The summed E-state index contributed by atoms with van der Waals surface area (Å²) in [5, 5.41) is 11.7. The van der Waals surface area contributed by atoms with Gasteiger partial charge in [0.2, 0.25) is 5.43 Å². The van der Waals surface area contributed by atoms with Crippen LogP contribution in [-0.2, 0) is 6.18 Å². The molecule has 0 radical (unpaired) electrons. The van der Waals surface area contributed by atoms with Gasteiger partial charge in [-0.25, -0.2) is 0 Å². The van der Waals surface area contributed by atoms with Crippen molar-refractivity contribution in [3.8, 4) is 17.2 Å². The summed E-state index contributed by atoms with van der Waals surface area (Å²) in [6.45, 7) is 5.59. The van der Waals surface area contributed by atoms with Crippen LogP contribution in [0.4, 0.5) is 13.2 Å². The monoisotopic (exact) mass is 467 g/mol. The van der Waals surface area contributed by atoms with E-state index in [0.29, 0.717) is 17.7 Å². The summed E-state index contributed by atoms with van der Waals surface area (Å²) in [7, 11) is 0. The average Bonchev–Trinajstić information content (AvgIpc) is 2.81. The lowest BCUT2D eigenvalue weighted by Crippen LogP contribution is -2.31. The van der Waals surface area contributed by atoms with Gasteiger partial charge >= 0.3 is 6.18 Å². The zero-order chi connectivity index (χ0) is 25.0.